The van der Waals surface area contributed by atoms with E-state index >= 15 is 0 Å². The van der Waals surface area contributed by atoms with Gasteiger partial charge in [-0.25, -0.2) is 4.98 Å². The number of pyridine rings is 1. The molecule has 2 aromatic carbocycles. The van der Waals surface area contributed by atoms with Crippen LogP contribution in [0.4, 0.5) is 11.5 Å². The number of halogens is 1. The molecule has 27 heavy (non-hydrogen) atoms. The highest BCUT2D eigenvalue weighted by atomic mass is 79.9. The summed E-state index contributed by atoms with van der Waals surface area (Å²) in [5, 5.41) is 4.39. The van der Waals surface area contributed by atoms with Crippen molar-refractivity contribution in [1.29, 1.82) is 0 Å². The molecule has 1 aromatic heterocycles. The van der Waals surface area contributed by atoms with Crippen LogP contribution in [0.3, 0.4) is 0 Å². The van der Waals surface area contributed by atoms with Crippen molar-refractivity contribution in [3.05, 3.63) is 64.1 Å². The maximum atomic E-state index is 12.9. The molecule has 4 rings (SSSR count). The number of para-hydroxylation sites is 1. The lowest BCUT2D eigenvalue weighted by molar-refractivity contribution is -0.118. The zero-order valence-electron chi connectivity index (χ0n) is 14.9. The Morgan fingerprint density at radius 3 is 2.81 bits per heavy atom. The van der Waals surface area contributed by atoms with Crippen molar-refractivity contribution in [3.8, 4) is 0 Å². The summed E-state index contributed by atoms with van der Waals surface area (Å²) in [4.78, 5) is 19.4. The number of rotatable bonds is 4. The van der Waals surface area contributed by atoms with Crippen molar-refractivity contribution in [3.63, 3.8) is 0 Å². The third kappa shape index (κ3) is 3.68. The molecule has 6 heteroatoms. The third-order valence-corrected chi connectivity index (χ3v) is 5.34. The second-order valence-electron chi connectivity index (χ2n) is 6.65. The molecule has 0 saturated heterocycles. The molecule has 0 saturated carbocycles. The number of carbonyl (C=O) groups excluding carboxylic acids is 1. The summed E-state index contributed by atoms with van der Waals surface area (Å²) >= 11 is 3.52. The van der Waals surface area contributed by atoms with Crippen molar-refractivity contribution in [2.24, 2.45) is 5.73 Å². The Bertz CT molecular complexity index is 1000. The number of aryl methyl sites for hydroxylation is 1. The fourth-order valence-electron chi connectivity index (χ4n) is 3.48. The summed E-state index contributed by atoms with van der Waals surface area (Å²) < 4.78 is 1.04. The van der Waals surface area contributed by atoms with E-state index in [9.17, 15) is 4.79 Å². The highest BCUT2D eigenvalue weighted by Gasteiger charge is 2.23. The second kappa shape index (κ2) is 7.66. The van der Waals surface area contributed by atoms with Crippen molar-refractivity contribution < 1.29 is 4.79 Å². The van der Waals surface area contributed by atoms with Gasteiger partial charge in [0.05, 0.1) is 12.1 Å². The van der Waals surface area contributed by atoms with Crippen molar-refractivity contribution >= 4 is 44.2 Å². The number of benzene rings is 2. The summed E-state index contributed by atoms with van der Waals surface area (Å²) in [6.45, 7) is 1.73. The lowest BCUT2D eigenvalue weighted by Crippen LogP contribution is -2.29. The molecular formula is C21H21BrN4O. The Balaban J connectivity index is 1.78. The smallest absolute Gasteiger partial charge is 0.228 e. The number of hydrogen-bond donors (Lipinski definition) is 2. The molecule has 0 unspecified atom stereocenters. The zero-order valence-corrected chi connectivity index (χ0v) is 16.5. The number of carbonyl (C=O) groups is 1. The largest absolute Gasteiger partial charge is 0.383 e. The Morgan fingerprint density at radius 1 is 1.11 bits per heavy atom. The van der Waals surface area contributed by atoms with Crippen molar-refractivity contribution in [1.82, 2.24) is 4.98 Å². The van der Waals surface area contributed by atoms with Gasteiger partial charge >= 0.3 is 0 Å². The molecule has 3 N–H and O–H groups in total. The zero-order chi connectivity index (χ0) is 18.8. The van der Waals surface area contributed by atoms with E-state index in [1.807, 2.05) is 36.4 Å². The first-order valence-electron chi connectivity index (χ1n) is 9.07. The predicted octanol–water partition coefficient (Wildman–Crippen LogP) is 3.85. The van der Waals surface area contributed by atoms with Gasteiger partial charge in [-0.3, -0.25) is 9.69 Å². The summed E-state index contributed by atoms with van der Waals surface area (Å²) in [5.74, 6) is 0.767. The standard InChI is InChI=1S/C21H21BrN4O/c22-16-7-5-15-13-26(21(27)8-6-14(15)11-16)20-12-19(24-10-9-23)17-3-1-2-4-18(17)25-20/h1-5,7,11-12H,6,8-10,13,23H2,(H,24,25). The van der Waals surface area contributed by atoms with Gasteiger partial charge in [-0.15, -0.1) is 0 Å². The maximum Gasteiger partial charge on any atom is 0.228 e. The molecule has 1 aliphatic rings. The van der Waals surface area contributed by atoms with E-state index in [1.54, 1.807) is 4.90 Å². The summed E-state index contributed by atoms with van der Waals surface area (Å²) in [6.07, 6.45) is 1.22. The van der Waals surface area contributed by atoms with Crippen LogP contribution in [0.5, 0.6) is 0 Å². The van der Waals surface area contributed by atoms with Crippen LogP contribution in [0, 0.1) is 0 Å². The van der Waals surface area contributed by atoms with Crippen LogP contribution in [-0.2, 0) is 17.8 Å². The van der Waals surface area contributed by atoms with Gasteiger partial charge in [-0.05, 0) is 35.7 Å². The maximum absolute atomic E-state index is 12.9. The lowest BCUT2D eigenvalue weighted by Gasteiger charge is -2.22. The molecule has 0 bridgehead atoms. The van der Waals surface area contributed by atoms with E-state index in [1.165, 1.54) is 5.56 Å². The van der Waals surface area contributed by atoms with Crippen LogP contribution < -0.4 is 16.0 Å². The van der Waals surface area contributed by atoms with Gasteiger partial charge in [0.25, 0.3) is 0 Å². The quantitative estimate of drug-likeness (QED) is 0.666. The number of aromatic nitrogens is 1. The van der Waals surface area contributed by atoms with E-state index in [2.05, 4.69) is 33.4 Å². The fraction of sp³-hybridized carbons (Fsp3) is 0.238. The summed E-state index contributed by atoms with van der Waals surface area (Å²) in [6, 6.07) is 16.1. The van der Waals surface area contributed by atoms with Crippen LogP contribution in [0.25, 0.3) is 10.9 Å². The van der Waals surface area contributed by atoms with Gasteiger partial charge in [-0.1, -0.05) is 40.2 Å². The van der Waals surface area contributed by atoms with Gasteiger partial charge in [0.15, 0.2) is 0 Å². The fourth-order valence-corrected chi connectivity index (χ4v) is 3.89. The molecule has 0 aliphatic carbocycles. The SMILES string of the molecule is NCCNc1cc(N2Cc3ccc(Br)cc3CCC2=O)nc2ccccc12. The number of fused-ring (bicyclic) bond motifs is 2. The molecule has 1 amide bonds. The molecule has 0 atom stereocenters. The first kappa shape index (κ1) is 17.9. The summed E-state index contributed by atoms with van der Waals surface area (Å²) in [5.41, 5.74) is 9.85. The topological polar surface area (TPSA) is 71.2 Å². The van der Waals surface area contributed by atoms with Gasteiger partial charge < -0.3 is 11.1 Å². The highest BCUT2D eigenvalue weighted by Crippen LogP contribution is 2.31. The molecule has 0 spiro atoms. The van der Waals surface area contributed by atoms with Crippen LogP contribution in [0.1, 0.15) is 17.5 Å². The van der Waals surface area contributed by atoms with Gasteiger partial charge in [0.2, 0.25) is 5.91 Å². The molecule has 0 fully saturated rings. The van der Waals surface area contributed by atoms with E-state index in [0.29, 0.717) is 31.9 Å². The van der Waals surface area contributed by atoms with Crippen molar-refractivity contribution in [2.45, 2.75) is 19.4 Å². The first-order valence-corrected chi connectivity index (χ1v) is 9.86. The number of amides is 1. The van der Waals surface area contributed by atoms with Crippen LogP contribution >= 0.6 is 15.9 Å². The van der Waals surface area contributed by atoms with Gasteiger partial charge in [0, 0.05) is 41.1 Å². The van der Waals surface area contributed by atoms with E-state index in [0.717, 1.165) is 33.0 Å². The Labute approximate surface area is 166 Å². The molecule has 0 radical (unpaired) electrons. The van der Waals surface area contributed by atoms with E-state index in [-0.39, 0.29) is 5.91 Å². The predicted molar refractivity (Wildman–Crippen MR) is 113 cm³/mol. The minimum absolute atomic E-state index is 0.0925. The second-order valence-corrected chi connectivity index (χ2v) is 7.57. The first-order chi connectivity index (χ1) is 13.2. The normalized spacial score (nSPS) is 14.1. The lowest BCUT2D eigenvalue weighted by atomic mass is 10.0. The molecule has 1 aliphatic heterocycles. The van der Waals surface area contributed by atoms with Crippen molar-refractivity contribution in [2.75, 3.05) is 23.3 Å². The number of hydrogen-bond acceptors (Lipinski definition) is 4. The van der Waals surface area contributed by atoms with Crippen LogP contribution in [0.15, 0.2) is 53.0 Å². The monoisotopic (exact) mass is 424 g/mol. The average Bonchev–Trinajstić information content (AvgIpc) is 2.85. The van der Waals surface area contributed by atoms with E-state index < -0.39 is 0 Å². The Kier molecular flexibility index (Phi) is 5.09. The molecule has 5 nitrogen and oxygen atoms in total. The number of nitrogens with two attached hydrogens (primary N) is 1. The van der Waals surface area contributed by atoms with Crippen LogP contribution in [0.2, 0.25) is 0 Å². The molecular weight excluding hydrogens is 404 g/mol. The molecule has 2 heterocycles. The average molecular weight is 425 g/mol. The number of anilines is 2. The minimum atomic E-state index is 0.0925. The van der Waals surface area contributed by atoms with Gasteiger partial charge in [-0.2, -0.15) is 0 Å². The summed E-state index contributed by atoms with van der Waals surface area (Å²) in [7, 11) is 0. The van der Waals surface area contributed by atoms with E-state index in [4.69, 9.17) is 10.7 Å². The molecule has 138 valence electrons. The highest BCUT2D eigenvalue weighted by molar-refractivity contribution is 9.10. The third-order valence-electron chi connectivity index (χ3n) is 4.85. The van der Waals surface area contributed by atoms with Gasteiger partial charge in [0.1, 0.15) is 5.82 Å². The molecule has 3 aromatic rings. The number of nitrogens with zero attached hydrogens (tertiary/aromatic N) is 2. The number of nitrogens with one attached hydrogen (secondary N) is 1. The minimum Gasteiger partial charge on any atom is -0.383 e. The van der Waals surface area contributed by atoms with Crippen LogP contribution in [-0.4, -0.2) is 24.0 Å². The Hall–Kier alpha value is -2.44. The Morgan fingerprint density at radius 2 is 1.96 bits per heavy atom.